The predicted molar refractivity (Wildman–Crippen MR) is 80.3 cm³/mol. The number of hydrogen-bond donors (Lipinski definition) is 1. The molecule has 2 rings (SSSR count). The van der Waals surface area contributed by atoms with Crippen molar-refractivity contribution in [3.05, 3.63) is 34.6 Å². The molecule has 1 aromatic carbocycles. The fourth-order valence-electron chi connectivity index (χ4n) is 2.27. The minimum atomic E-state index is -0.567. The number of halogens is 2. The molecule has 1 saturated heterocycles. The zero-order chi connectivity index (χ0) is 16.3. The Kier molecular flexibility index (Phi) is 5.37. The van der Waals surface area contributed by atoms with Gasteiger partial charge in [-0.05, 0) is 31.0 Å². The highest BCUT2D eigenvalue weighted by molar-refractivity contribution is 6.31. The van der Waals surface area contributed by atoms with Gasteiger partial charge >= 0.3 is 0 Å². The van der Waals surface area contributed by atoms with Gasteiger partial charge in [-0.25, -0.2) is 4.39 Å². The summed E-state index contributed by atoms with van der Waals surface area (Å²) < 4.78 is 18.7. The largest absolute Gasteiger partial charge is 0.363 e. The van der Waals surface area contributed by atoms with Crippen LogP contribution in [0.4, 0.5) is 4.39 Å². The van der Waals surface area contributed by atoms with Crippen LogP contribution in [0.5, 0.6) is 0 Å². The van der Waals surface area contributed by atoms with Crippen LogP contribution < -0.4 is 5.32 Å². The molecule has 0 aromatic heterocycles. The Balaban J connectivity index is 1.85. The van der Waals surface area contributed by atoms with Crippen LogP contribution in [0.1, 0.15) is 23.2 Å². The molecule has 1 N–H and O–H groups in total. The van der Waals surface area contributed by atoms with Gasteiger partial charge in [-0.2, -0.15) is 0 Å². The Bertz CT molecular complexity index is 580. The first-order chi connectivity index (χ1) is 10.4. The van der Waals surface area contributed by atoms with Crippen LogP contribution in [-0.4, -0.2) is 49.6 Å². The van der Waals surface area contributed by atoms with E-state index in [-0.39, 0.29) is 28.5 Å². The van der Waals surface area contributed by atoms with Crippen molar-refractivity contribution in [1.82, 2.24) is 10.2 Å². The van der Waals surface area contributed by atoms with Gasteiger partial charge in [0.05, 0.1) is 11.1 Å². The molecule has 5 nitrogen and oxygen atoms in total. The molecular formula is C15H18ClFN2O3. The standard InChI is InChI=1S/C15H18ClFN2O3/c1-19(2)15(21)13-6-4-10(22-13)8-18-14(20)9-3-5-12(17)11(16)7-9/h3,5,7,10,13H,4,6,8H2,1-2H3,(H,18,20)/t10-,13-/m1/s1. The highest BCUT2D eigenvalue weighted by Crippen LogP contribution is 2.21. The van der Waals surface area contributed by atoms with Crippen molar-refractivity contribution in [3.63, 3.8) is 0 Å². The second-order valence-corrected chi connectivity index (χ2v) is 5.80. The molecule has 0 spiro atoms. The van der Waals surface area contributed by atoms with E-state index in [9.17, 15) is 14.0 Å². The minimum Gasteiger partial charge on any atom is -0.363 e. The molecule has 0 bridgehead atoms. The van der Waals surface area contributed by atoms with Crippen molar-refractivity contribution in [1.29, 1.82) is 0 Å². The molecule has 22 heavy (non-hydrogen) atoms. The monoisotopic (exact) mass is 328 g/mol. The lowest BCUT2D eigenvalue weighted by Gasteiger charge is -2.17. The second-order valence-electron chi connectivity index (χ2n) is 5.40. The minimum absolute atomic E-state index is 0.0702. The maximum absolute atomic E-state index is 13.1. The third-order valence-electron chi connectivity index (χ3n) is 3.50. The summed E-state index contributed by atoms with van der Waals surface area (Å²) in [6.45, 7) is 0.297. The Labute approximate surface area is 133 Å². The van der Waals surface area contributed by atoms with Crippen LogP contribution in [-0.2, 0) is 9.53 Å². The first-order valence-corrected chi connectivity index (χ1v) is 7.36. The van der Waals surface area contributed by atoms with Crippen LogP contribution in [0.15, 0.2) is 18.2 Å². The van der Waals surface area contributed by atoms with E-state index in [0.717, 1.165) is 6.07 Å². The van der Waals surface area contributed by atoms with Crippen molar-refractivity contribution in [2.75, 3.05) is 20.6 Å². The molecule has 0 saturated carbocycles. The van der Waals surface area contributed by atoms with Crippen LogP contribution >= 0.6 is 11.6 Å². The first kappa shape index (κ1) is 16.7. The summed E-state index contributed by atoms with van der Waals surface area (Å²) in [6.07, 6.45) is 0.695. The zero-order valence-electron chi connectivity index (χ0n) is 12.4. The summed E-state index contributed by atoms with van der Waals surface area (Å²) in [4.78, 5) is 25.2. The highest BCUT2D eigenvalue weighted by atomic mass is 35.5. The number of ether oxygens (including phenoxy) is 1. The van der Waals surface area contributed by atoms with Gasteiger partial charge in [0.2, 0.25) is 0 Å². The predicted octanol–water partition coefficient (Wildman–Crippen LogP) is 1.84. The van der Waals surface area contributed by atoms with Gasteiger partial charge < -0.3 is 15.0 Å². The van der Waals surface area contributed by atoms with E-state index < -0.39 is 11.9 Å². The number of benzene rings is 1. The van der Waals surface area contributed by atoms with Crippen LogP contribution in [0.2, 0.25) is 5.02 Å². The van der Waals surface area contributed by atoms with Gasteiger partial charge in [-0.1, -0.05) is 11.6 Å². The second kappa shape index (κ2) is 7.07. The van der Waals surface area contributed by atoms with Crippen molar-refractivity contribution in [2.24, 2.45) is 0 Å². The van der Waals surface area contributed by atoms with Gasteiger partial charge in [0.15, 0.2) is 0 Å². The summed E-state index contributed by atoms with van der Waals surface area (Å²) in [6, 6.07) is 3.79. The SMILES string of the molecule is CN(C)C(=O)[C@H]1CC[C@H](CNC(=O)c2ccc(F)c(Cl)c2)O1. The van der Waals surface area contributed by atoms with Gasteiger partial charge in [-0.15, -0.1) is 0 Å². The number of nitrogens with one attached hydrogen (secondary N) is 1. The maximum Gasteiger partial charge on any atom is 0.251 e. The van der Waals surface area contributed by atoms with Crippen LogP contribution in [0.25, 0.3) is 0 Å². The number of likely N-dealkylation sites (N-methyl/N-ethyl adjacent to an activating group) is 1. The van der Waals surface area contributed by atoms with E-state index in [4.69, 9.17) is 16.3 Å². The molecule has 0 unspecified atom stereocenters. The normalized spacial score (nSPS) is 20.7. The lowest BCUT2D eigenvalue weighted by atomic mass is 10.1. The van der Waals surface area contributed by atoms with E-state index in [1.54, 1.807) is 14.1 Å². The molecular weight excluding hydrogens is 311 g/mol. The number of hydrogen-bond acceptors (Lipinski definition) is 3. The summed E-state index contributed by atoms with van der Waals surface area (Å²) >= 11 is 5.65. The van der Waals surface area contributed by atoms with E-state index in [1.807, 2.05) is 0 Å². The maximum atomic E-state index is 13.1. The van der Waals surface area contributed by atoms with Crippen molar-refractivity contribution in [2.45, 2.75) is 25.0 Å². The van der Waals surface area contributed by atoms with E-state index >= 15 is 0 Å². The Morgan fingerprint density at radius 2 is 2.14 bits per heavy atom. The van der Waals surface area contributed by atoms with Crippen LogP contribution in [0.3, 0.4) is 0 Å². The molecule has 1 fully saturated rings. The Hall–Kier alpha value is -1.66. The number of rotatable bonds is 4. The first-order valence-electron chi connectivity index (χ1n) is 6.98. The van der Waals surface area contributed by atoms with Crippen molar-refractivity contribution < 1.29 is 18.7 Å². The Morgan fingerprint density at radius 3 is 2.77 bits per heavy atom. The topological polar surface area (TPSA) is 58.6 Å². The average Bonchev–Trinajstić information content (AvgIpc) is 2.95. The van der Waals surface area contributed by atoms with Gasteiger partial charge in [0.1, 0.15) is 11.9 Å². The summed E-state index contributed by atoms with van der Waals surface area (Å²) in [5.74, 6) is -0.991. The molecule has 120 valence electrons. The summed E-state index contributed by atoms with van der Waals surface area (Å²) in [5, 5.41) is 2.61. The fourth-order valence-corrected chi connectivity index (χ4v) is 2.45. The molecule has 1 aliphatic rings. The summed E-state index contributed by atoms with van der Waals surface area (Å²) in [7, 11) is 3.36. The quantitative estimate of drug-likeness (QED) is 0.917. The molecule has 2 atom stereocenters. The van der Waals surface area contributed by atoms with Gasteiger partial charge in [0.25, 0.3) is 11.8 Å². The average molecular weight is 329 g/mol. The fraction of sp³-hybridized carbons (Fsp3) is 0.467. The van der Waals surface area contributed by atoms with E-state index in [0.29, 0.717) is 19.4 Å². The smallest absolute Gasteiger partial charge is 0.251 e. The number of carbonyl (C=O) groups excluding carboxylic acids is 2. The Morgan fingerprint density at radius 1 is 1.41 bits per heavy atom. The number of nitrogens with zero attached hydrogens (tertiary/aromatic N) is 1. The molecule has 1 aliphatic heterocycles. The third-order valence-corrected chi connectivity index (χ3v) is 3.79. The third kappa shape index (κ3) is 3.96. The molecule has 2 amide bonds. The van der Waals surface area contributed by atoms with E-state index in [2.05, 4.69) is 5.32 Å². The molecule has 0 aliphatic carbocycles. The van der Waals surface area contributed by atoms with Gasteiger partial charge in [0, 0.05) is 26.2 Å². The molecule has 1 heterocycles. The van der Waals surface area contributed by atoms with E-state index in [1.165, 1.54) is 17.0 Å². The van der Waals surface area contributed by atoms with Crippen molar-refractivity contribution in [3.8, 4) is 0 Å². The van der Waals surface area contributed by atoms with Crippen molar-refractivity contribution >= 4 is 23.4 Å². The lowest BCUT2D eigenvalue weighted by molar-refractivity contribution is -0.140. The summed E-state index contributed by atoms with van der Waals surface area (Å²) in [5.41, 5.74) is 0.283. The number of amides is 2. The highest BCUT2D eigenvalue weighted by Gasteiger charge is 2.31. The zero-order valence-corrected chi connectivity index (χ0v) is 13.2. The van der Waals surface area contributed by atoms with Crippen LogP contribution in [0, 0.1) is 5.82 Å². The molecule has 7 heteroatoms. The lowest BCUT2D eigenvalue weighted by Crippen LogP contribution is -2.36. The molecule has 0 radical (unpaired) electrons. The molecule has 1 aromatic rings. The van der Waals surface area contributed by atoms with Gasteiger partial charge in [-0.3, -0.25) is 9.59 Å². The number of carbonyl (C=O) groups is 2.